The van der Waals surface area contributed by atoms with Crippen molar-refractivity contribution < 1.29 is 0 Å². The fourth-order valence-corrected chi connectivity index (χ4v) is 4.39. The van der Waals surface area contributed by atoms with Gasteiger partial charge in [-0.2, -0.15) is 5.10 Å². The van der Waals surface area contributed by atoms with Crippen LogP contribution in [0.1, 0.15) is 24.1 Å². The fraction of sp³-hybridized carbons (Fsp3) is 0.769. The Morgan fingerprint density at radius 2 is 1.61 bits per heavy atom. The van der Waals surface area contributed by atoms with Crippen molar-refractivity contribution in [2.75, 3.05) is 13.1 Å². The van der Waals surface area contributed by atoms with E-state index < -0.39 is 8.24 Å². The van der Waals surface area contributed by atoms with E-state index in [1.807, 2.05) is 11.7 Å². The average molecular weight is 284 g/mol. The highest BCUT2D eigenvalue weighted by Gasteiger charge is 2.25. The normalized spacial score (nSPS) is 16.8. The van der Waals surface area contributed by atoms with Crippen molar-refractivity contribution >= 4 is 23.8 Å². The first-order valence-electron chi connectivity index (χ1n) is 6.95. The summed E-state index contributed by atoms with van der Waals surface area (Å²) in [6.07, 6.45) is 2.87. The predicted molar refractivity (Wildman–Crippen MR) is 86.4 cm³/mol. The SMILES string of the molecule is C[Si](C)(C)N1CCCC1.Cc1nn(C)c([SiH3])c1C. The molecule has 0 aromatic carbocycles. The molecule has 0 amide bonds. The first-order chi connectivity index (χ1) is 8.23. The maximum absolute atomic E-state index is 4.26. The summed E-state index contributed by atoms with van der Waals surface area (Å²) < 4.78 is 4.66. The maximum Gasteiger partial charge on any atom is 0.119 e. The van der Waals surface area contributed by atoms with Gasteiger partial charge in [-0.1, -0.05) is 19.6 Å². The monoisotopic (exact) mass is 283 g/mol. The molecule has 104 valence electrons. The summed E-state index contributed by atoms with van der Waals surface area (Å²) >= 11 is 0. The molecular formula is C13H29N3Si2. The zero-order valence-electron chi connectivity index (χ0n) is 13.2. The Bertz CT molecular complexity index is 365. The Labute approximate surface area is 116 Å². The standard InChI is InChI=1S/C7H17NSi.C6H12N2Si/c1-9(2,3)8-6-4-5-7-8;1-4-5(2)7-8(3)6(4)9/h4-7H2,1-3H3;1-3,9H3. The van der Waals surface area contributed by atoms with Crippen LogP contribution in [0, 0.1) is 13.8 Å². The Morgan fingerprint density at radius 1 is 1.11 bits per heavy atom. The average Bonchev–Trinajstić information content (AvgIpc) is 2.86. The van der Waals surface area contributed by atoms with Gasteiger partial charge in [0.05, 0.1) is 15.9 Å². The third-order valence-corrected chi connectivity index (χ3v) is 7.67. The van der Waals surface area contributed by atoms with E-state index in [0.29, 0.717) is 0 Å². The molecule has 0 spiro atoms. The Balaban J connectivity index is 0.000000180. The molecular weight excluding hydrogens is 254 g/mol. The lowest BCUT2D eigenvalue weighted by molar-refractivity contribution is 0.524. The molecule has 0 radical (unpaired) electrons. The molecule has 2 rings (SSSR count). The molecule has 0 saturated carbocycles. The minimum absolute atomic E-state index is 0.891. The molecule has 5 heteroatoms. The van der Waals surface area contributed by atoms with Crippen LogP contribution >= 0.6 is 0 Å². The van der Waals surface area contributed by atoms with E-state index in [1.54, 1.807) is 0 Å². The maximum atomic E-state index is 4.26. The van der Waals surface area contributed by atoms with Gasteiger partial charge in [0.25, 0.3) is 0 Å². The van der Waals surface area contributed by atoms with Crippen LogP contribution in [0.3, 0.4) is 0 Å². The molecule has 0 bridgehead atoms. The smallest absolute Gasteiger partial charge is 0.119 e. The van der Waals surface area contributed by atoms with Crippen molar-refractivity contribution in [3.05, 3.63) is 11.3 Å². The van der Waals surface area contributed by atoms with E-state index in [4.69, 9.17) is 0 Å². The van der Waals surface area contributed by atoms with Gasteiger partial charge >= 0.3 is 0 Å². The van der Waals surface area contributed by atoms with Gasteiger partial charge in [-0.05, 0) is 45.3 Å². The predicted octanol–water partition coefficient (Wildman–Crippen LogP) is 0.945. The van der Waals surface area contributed by atoms with Crippen molar-refractivity contribution in [2.24, 2.45) is 7.05 Å². The summed E-state index contributed by atoms with van der Waals surface area (Å²) in [5, 5.41) is 5.66. The van der Waals surface area contributed by atoms with Gasteiger partial charge in [0.2, 0.25) is 0 Å². The number of hydrogen-bond donors (Lipinski definition) is 0. The molecule has 0 atom stereocenters. The topological polar surface area (TPSA) is 21.1 Å². The van der Waals surface area contributed by atoms with E-state index in [2.05, 4.69) is 43.2 Å². The quantitative estimate of drug-likeness (QED) is 0.716. The van der Waals surface area contributed by atoms with Crippen LogP contribution in [-0.4, -0.2) is 45.9 Å². The molecule has 1 saturated heterocycles. The molecule has 0 unspecified atom stereocenters. The van der Waals surface area contributed by atoms with Gasteiger partial charge in [0, 0.05) is 12.4 Å². The second kappa shape index (κ2) is 6.17. The summed E-state index contributed by atoms with van der Waals surface area (Å²) in [5.41, 5.74) is 2.53. The van der Waals surface area contributed by atoms with E-state index >= 15 is 0 Å². The fourth-order valence-electron chi connectivity index (χ4n) is 2.27. The summed E-state index contributed by atoms with van der Waals surface area (Å²) in [5.74, 6) is 0. The summed E-state index contributed by atoms with van der Waals surface area (Å²) in [6, 6.07) is 0. The van der Waals surface area contributed by atoms with E-state index in [-0.39, 0.29) is 0 Å². The van der Waals surface area contributed by atoms with Crippen LogP contribution in [0.5, 0.6) is 0 Å². The minimum atomic E-state index is -0.891. The van der Waals surface area contributed by atoms with Crippen LogP contribution in [0.4, 0.5) is 0 Å². The van der Waals surface area contributed by atoms with Crippen LogP contribution in [0.2, 0.25) is 19.6 Å². The summed E-state index contributed by atoms with van der Waals surface area (Å²) in [7, 11) is 2.21. The number of aryl methyl sites for hydroxylation is 2. The van der Waals surface area contributed by atoms with Crippen molar-refractivity contribution in [1.82, 2.24) is 14.3 Å². The Morgan fingerprint density at radius 3 is 1.78 bits per heavy atom. The molecule has 1 aromatic heterocycles. The second-order valence-corrected chi connectivity index (χ2v) is 12.2. The highest BCUT2D eigenvalue weighted by Crippen LogP contribution is 2.16. The Hall–Kier alpha value is -0.396. The lowest BCUT2D eigenvalue weighted by Crippen LogP contribution is -2.43. The van der Waals surface area contributed by atoms with Crippen molar-refractivity contribution in [3.8, 4) is 0 Å². The molecule has 0 N–H and O–H groups in total. The first-order valence-corrected chi connectivity index (χ1v) is 11.4. The number of nitrogens with zero attached hydrogens (tertiary/aromatic N) is 3. The molecule has 1 aromatic rings. The summed E-state index contributed by atoms with van der Waals surface area (Å²) in [4.78, 5) is 0. The van der Waals surface area contributed by atoms with Crippen LogP contribution < -0.4 is 5.32 Å². The second-order valence-electron chi connectivity index (χ2n) is 6.28. The first kappa shape index (κ1) is 15.7. The third-order valence-electron chi connectivity index (χ3n) is 3.93. The van der Waals surface area contributed by atoms with Gasteiger partial charge in [0.15, 0.2) is 0 Å². The highest BCUT2D eigenvalue weighted by atomic mass is 28.3. The van der Waals surface area contributed by atoms with Gasteiger partial charge in [0.1, 0.15) is 8.24 Å². The van der Waals surface area contributed by atoms with E-state index in [0.717, 1.165) is 10.2 Å². The lowest BCUT2D eigenvalue weighted by Gasteiger charge is -2.28. The van der Waals surface area contributed by atoms with Crippen molar-refractivity contribution in [1.29, 1.82) is 0 Å². The van der Waals surface area contributed by atoms with Crippen LogP contribution in [0.15, 0.2) is 0 Å². The van der Waals surface area contributed by atoms with E-state index in [9.17, 15) is 0 Å². The molecule has 1 aliphatic heterocycles. The molecule has 1 fully saturated rings. The highest BCUT2D eigenvalue weighted by molar-refractivity contribution is 6.73. The van der Waals surface area contributed by atoms with Crippen molar-refractivity contribution in [3.63, 3.8) is 0 Å². The van der Waals surface area contributed by atoms with Gasteiger partial charge < -0.3 is 4.57 Å². The zero-order valence-corrected chi connectivity index (χ0v) is 16.2. The summed E-state index contributed by atoms with van der Waals surface area (Å²) in [6.45, 7) is 14.2. The molecule has 18 heavy (non-hydrogen) atoms. The Kier molecular flexibility index (Phi) is 5.37. The van der Waals surface area contributed by atoms with Gasteiger partial charge in [-0.3, -0.25) is 4.68 Å². The molecule has 2 heterocycles. The van der Waals surface area contributed by atoms with Gasteiger partial charge in [-0.15, -0.1) is 0 Å². The van der Waals surface area contributed by atoms with Gasteiger partial charge in [-0.25, -0.2) is 0 Å². The lowest BCUT2D eigenvalue weighted by atomic mass is 10.3. The number of rotatable bonds is 1. The molecule has 1 aliphatic rings. The minimum Gasteiger partial charge on any atom is -0.324 e. The van der Waals surface area contributed by atoms with Crippen LogP contribution in [-0.2, 0) is 7.05 Å². The third kappa shape index (κ3) is 4.07. The largest absolute Gasteiger partial charge is 0.324 e. The zero-order chi connectivity index (χ0) is 13.9. The molecule has 3 nitrogen and oxygen atoms in total. The van der Waals surface area contributed by atoms with Crippen LogP contribution in [0.25, 0.3) is 0 Å². The number of hydrogen-bond acceptors (Lipinski definition) is 2. The van der Waals surface area contributed by atoms with E-state index in [1.165, 1.54) is 42.5 Å². The molecule has 0 aliphatic carbocycles. The number of aromatic nitrogens is 2. The van der Waals surface area contributed by atoms with Crippen molar-refractivity contribution in [2.45, 2.75) is 46.3 Å².